The fraction of sp³-hybridized carbons (Fsp3) is 0.538. The van der Waals surface area contributed by atoms with Crippen LogP contribution in [0.4, 0.5) is 10.1 Å². The first-order valence-corrected chi connectivity index (χ1v) is 5.97. The molecule has 1 aliphatic rings. The zero-order valence-corrected chi connectivity index (χ0v) is 10.4. The summed E-state index contributed by atoms with van der Waals surface area (Å²) in [7, 11) is 2.10. The van der Waals surface area contributed by atoms with Gasteiger partial charge in [-0.05, 0) is 38.4 Å². The van der Waals surface area contributed by atoms with E-state index in [1.54, 1.807) is 13.0 Å². The molecule has 0 amide bonds. The van der Waals surface area contributed by atoms with Crippen molar-refractivity contribution in [3.05, 3.63) is 23.5 Å². The summed E-state index contributed by atoms with van der Waals surface area (Å²) < 4.78 is 19.1. The molecule has 94 valence electrons. The third-order valence-electron chi connectivity index (χ3n) is 3.25. The molecule has 1 fully saturated rings. The lowest BCUT2D eigenvalue weighted by atomic mass is 10.1. The molecule has 1 aromatic carbocycles. The Labute approximate surface area is 101 Å². The number of benzene rings is 1. The minimum absolute atomic E-state index is 0.193. The van der Waals surface area contributed by atoms with Gasteiger partial charge in [-0.2, -0.15) is 0 Å². The van der Waals surface area contributed by atoms with Gasteiger partial charge in [-0.25, -0.2) is 4.39 Å². The van der Waals surface area contributed by atoms with Crippen LogP contribution in [0.3, 0.4) is 0 Å². The quantitative estimate of drug-likeness (QED) is 0.803. The van der Waals surface area contributed by atoms with Crippen molar-refractivity contribution in [1.82, 2.24) is 4.90 Å². The first kappa shape index (κ1) is 12.2. The van der Waals surface area contributed by atoms with E-state index >= 15 is 0 Å². The fourth-order valence-corrected chi connectivity index (χ4v) is 2.05. The van der Waals surface area contributed by atoms with Crippen LogP contribution in [0.15, 0.2) is 12.1 Å². The number of halogens is 1. The Morgan fingerprint density at radius 1 is 1.35 bits per heavy atom. The SMILES string of the molecule is Cc1cc(OC2CCN(C)CC2)c(N)cc1F. The maximum absolute atomic E-state index is 13.2. The van der Waals surface area contributed by atoms with Crippen molar-refractivity contribution in [2.24, 2.45) is 0 Å². The maximum Gasteiger partial charge on any atom is 0.143 e. The van der Waals surface area contributed by atoms with E-state index in [-0.39, 0.29) is 11.9 Å². The van der Waals surface area contributed by atoms with Gasteiger partial charge >= 0.3 is 0 Å². The molecule has 3 nitrogen and oxygen atoms in total. The molecule has 17 heavy (non-hydrogen) atoms. The Bertz CT molecular complexity index is 401. The third kappa shape index (κ3) is 2.88. The van der Waals surface area contributed by atoms with Crippen molar-refractivity contribution in [2.45, 2.75) is 25.9 Å². The van der Waals surface area contributed by atoms with Crippen LogP contribution in [0, 0.1) is 12.7 Å². The largest absolute Gasteiger partial charge is 0.488 e. The number of nitrogens with two attached hydrogens (primary N) is 1. The van der Waals surface area contributed by atoms with Gasteiger partial charge in [-0.3, -0.25) is 0 Å². The van der Waals surface area contributed by atoms with Gasteiger partial charge in [0.2, 0.25) is 0 Å². The Kier molecular flexibility index (Phi) is 3.52. The number of nitrogen functional groups attached to an aromatic ring is 1. The van der Waals surface area contributed by atoms with Crippen LogP contribution in [0.2, 0.25) is 0 Å². The van der Waals surface area contributed by atoms with Gasteiger partial charge in [-0.1, -0.05) is 0 Å². The number of hydrogen-bond donors (Lipinski definition) is 1. The van der Waals surface area contributed by atoms with Crippen molar-refractivity contribution < 1.29 is 9.13 Å². The lowest BCUT2D eigenvalue weighted by molar-refractivity contribution is 0.115. The molecule has 0 atom stereocenters. The van der Waals surface area contributed by atoms with E-state index in [1.165, 1.54) is 6.07 Å². The molecule has 0 saturated carbocycles. The van der Waals surface area contributed by atoms with Crippen LogP contribution in [0.1, 0.15) is 18.4 Å². The molecule has 0 radical (unpaired) electrons. The zero-order chi connectivity index (χ0) is 12.4. The predicted octanol–water partition coefficient (Wildman–Crippen LogP) is 2.19. The van der Waals surface area contributed by atoms with E-state index in [1.807, 2.05) is 0 Å². The molecule has 0 bridgehead atoms. The topological polar surface area (TPSA) is 38.5 Å². The highest BCUT2D eigenvalue weighted by atomic mass is 19.1. The molecule has 0 unspecified atom stereocenters. The van der Waals surface area contributed by atoms with Gasteiger partial charge in [0.05, 0.1) is 5.69 Å². The van der Waals surface area contributed by atoms with Crippen LogP contribution in [-0.2, 0) is 0 Å². The van der Waals surface area contributed by atoms with Crippen molar-refractivity contribution in [1.29, 1.82) is 0 Å². The first-order chi connectivity index (χ1) is 8.06. The summed E-state index contributed by atoms with van der Waals surface area (Å²) in [4.78, 5) is 2.28. The van der Waals surface area contributed by atoms with Gasteiger partial charge in [0.15, 0.2) is 0 Å². The Morgan fingerprint density at radius 2 is 2.00 bits per heavy atom. The van der Waals surface area contributed by atoms with Crippen LogP contribution >= 0.6 is 0 Å². The van der Waals surface area contributed by atoms with Gasteiger partial charge in [0, 0.05) is 19.2 Å². The number of likely N-dealkylation sites (tertiary alicyclic amines) is 1. The maximum atomic E-state index is 13.2. The summed E-state index contributed by atoms with van der Waals surface area (Å²) in [6.45, 7) is 3.78. The minimum Gasteiger partial charge on any atom is -0.488 e. The van der Waals surface area contributed by atoms with Crippen molar-refractivity contribution in [3.8, 4) is 5.75 Å². The Morgan fingerprint density at radius 3 is 2.65 bits per heavy atom. The van der Waals surface area contributed by atoms with Crippen LogP contribution in [0.25, 0.3) is 0 Å². The summed E-state index contributed by atoms with van der Waals surface area (Å²) in [5.41, 5.74) is 6.71. The van der Waals surface area contributed by atoms with E-state index < -0.39 is 0 Å². The Hall–Kier alpha value is -1.29. The average molecular weight is 238 g/mol. The highest BCUT2D eigenvalue weighted by Gasteiger charge is 2.19. The lowest BCUT2D eigenvalue weighted by Gasteiger charge is -2.29. The zero-order valence-electron chi connectivity index (χ0n) is 10.4. The van der Waals surface area contributed by atoms with E-state index in [0.717, 1.165) is 25.9 Å². The molecule has 4 heteroatoms. The van der Waals surface area contributed by atoms with Crippen molar-refractivity contribution in [2.75, 3.05) is 25.9 Å². The minimum atomic E-state index is -0.279. The van der Waals surface area contributed by atoms with Crippen LogP contribution in [0.5, 0.6) is 5.75 Å². The molecule has 0 aromatic heterocycles. The number of anilines is 1. The second kappa shape index (κ2) is 4.92. The summed E-state index contributed by atoms with van der Waals surface area (Å²) in [5, 5.41) is 0. The summed E-state index contributed by atoms with van der Waals surface area (Å²) in [6, 6.07) is 3.02. The fourth-order valence-electron chi connectivity index (χ4n) is 2.05. The average Bonchev–Trinajstić information content (AvgIpc) is 2.29. The molecular formula is C13H19FN2O. The molecule has 1 aromatic rings. The smallest absolute Gasteiger partial charge is 0.143 e. The van der Waals surface area contributed by atoms with Gasteiger partial charge in [-0.15, -0.1) is 0 Å². The van der Waals surface area contributed by atoms with Gasteiger partial charge in [0.25, 0.3) is 0 Å². The Balaban J connectivity index is 2.06. The lowest BCUT2D eigenvalue weighted by Crippen LogP contribution is -2.35. The van der Waals surface area contributed by atoms with Crippen LogP contribution < -0.4 is 10.5 Å². The molecule has 2 rings (SSSR count). The number of piperidine rings is 1. The molecule has 1 heterocycles. The van der Waals surface area contributed by atoms with E-state index in [4.69, 9.17) is 10.5 Å². The number of aryl methyl sites for hydroxylation is 1. The molecule has 2 N–H and O–H groups in total. The molecular weight excluding hydrogens is 219 g/mol. The summed E-state index contributed by atoms with van der Waals surface area (Å²) >= 11 is 0. The summed E-state index contributed by atoms with van der Waals surface area (Å²) in [6.07, 6.45) is 2.18. The number of rotatable bonds is 2. The van der Waals surface area contributed by atoms with Gasteiger partial charge in [0.1, 0.15) is 17.7 Å². The first-order valence-electron chi connectivity index (χ1n) is 5.97. The molecule has 1 aliphatic heterocycles. The second-order valence-corrected chi connectivity index (χ2v) is 4.76. The van der Waals surface area contributed by atoms with Crippen LogP contribution in [-0.4, -0.2) is 31.1 Å². The molecule has 1 saturated heterocycles. The molecule has 0 aliphatic carbocycles. The third-order valence-corrected chi connectivity index (χ3v) is 3.25. The van der Waals surface area contributed by atoms with Crippen molar-refractivity contribution >= 4 is 5.69 Å². The molecule has 0 spiro atoms. The summed E-state index contributed by atoms with van der Waals surface area (Å²) in [5.74, 6) is 0.330. The predicted molar refractivity (Wildman–Crippen MR) is 66.7 cm³/mol. The van der Waals surface area contributed by atoms with E-state index in [0.29, 0.717) is 17.0 Å². The second-order valence-electron chi connectivity index (χ2n) is 4.76. The number of hydrogen-bond acceptors (Lipinski definition) is 3. The highest BCUT2D eigenvalue weighted by Crippen LogP contribution is 2.27. The normalized spacial score (nSPS) is 18.3. The van der Waals surface area contributed by atoms with Gasteiger partial charge < -0.3 is 15.4 Å². The highest BCUT2D eigenvalue weighted by molar-refractivity contribution is 5.54. The van der Waals surface area contributed by atoms with E-state index in [9.17, 15) is 4.39 Å². The van der Waals surface area contributed by atoms with E-state index in [2.05, 4.69) is 11.9 Å². The monoisotopic (exact) mass is 238 g/mol. The number of nitrogens with zero attached hydrogens (tertiary/aromatic N) is 1. The standard InChI is InChI=1S/C13H19FN2O/c1-9-7-13(12(15)8-11(9)14)17-10-3-5-16(2)6-4-10/h7-8,10H,3-6,15H2,1-2H3. The van der Waals surface area contributed by atoms with Crippen molar-refractivity contribution in [3.63, 3.8) is 0 Å². The number of ether oxygens (including phenoxy) is 1.